The third kappa shape index (κ3) is 2.54. The molecule has 0 aliphatic rings. The molecule has 2 aromatic rings. The Hall–Kier alpha value is -1.07. The van der Waals surface area contributed by atoms with Crippen molar-refractivity contribution in [3.05, 3.63) is 35.2 Å². The van der Waals surface area contributed by atoms with Crippen molar-refractivity contribution in [1.82, 2.24) is 9.38 Å². The lowest BCUT2D eigenvalue weighted by Crippen LogP contribution is -2.04. The average Bonchev–Trinajstić information content (AvgIpc) is 2.60. The minimum atomic E-state index is -0.419. The molecule has 0 bridgehead atoms. The fraction of sp³-hybridized carbons (Fsp3) is 0.200. The van der Waals surface area contributed by atoms with Crippen molar-refractivity contribution in [3.63, 3.8) is 0 Å². The number of aromatic nitrogens is 2. The van der Waals surface area contributed by atoms with Crippen molar-refractivity contribution in [2.45, 2.75) is 6.92 Å². The first kappa shape index (κ1) is 13.0. The van der Waals surface area contributed by atoms with Gasteiger partial charge in [-0.1, -0.05) is 11.6 Å². The van der Waals surface area contributed by atoms with Gasteiger partial charge in [-0.3, -0.25) is 0 Å². The largest absolute Gasteiger partial charge is 0.461 e. The molecule has 0 aromatic carbocycles. The summed E-state index contributed by atoms with van der Waals surface area (Å²) in [6.45, 7) is 2.10. The minimum Gasteiger partial charge on any atom is -0.461 e. The number of halogens is 2. The zero-order valence-corrected chi connectivity index (χ0v) is 11.0. The van der Waals surface area contributed by atoms with Gasteiger partial charge in [0, 0.05) is 12.4 Å². The summed E-state index contributed by atoms with van der Waals surface area (Å²) in [7, 11) is 0. The number of ether oxygens (including phenoxy) is 1. The van der Waals surface area contributed by atoms with E-state index in [2.05, 4.69) is 4.98 Å². The quantitative estimate of drug-likeness (QED) is 0.801. The lowest BCUT2D eigenvalue weighted by Gasteiger charge is -1.95. The number of carbonyl (C=O) groups is 1. The van der Waals surface area contributed by atoms with Crippen LogP contribution in [0, 0.1) is 0 Å². The SMILES string of the molecule is Br.CCOC(=O)c1cn2cc(Cl)ccc2n1. The van der Waals surface area contributed by atoms with E-state index in [4.69, 9.17) is 16.3 Å². The number of nitrogens with zero attached hydrogens (tertiary/aromatic N) is 2. The summed E-state index contributed by atoms with van der Waals surface area (Å²) in [4.78, 5) is 15.5. The molecule has 0 aliphatic heterocycles. The van der Waals surface area contributed by atoms with E-state index in [1.165, 1.54) is 0 Å². The molecule has 0 saturated heterocycles. The van der Waals surface area contributed by atoms with Gasteiger partial charge in [0.05, 0.1) is 11.6 Å². The van der Waals surface area contributed by atoms with Crippen molar-refractivity contribution in [1.29, 1.82) is 0 Å². The van der Waals surface area contributed by atoms with Gasteiger partial charge in [0.1, 0.15) is 5.65 Å². The van der Waals surface area contributed by atoms with Gasteiger partial charge < -0.3 is 9.14 Å². The first-order valence-corrected chi connectivity index (χ1v) is 4.90. The zero-order valence-electron chi connectivity index (χ0n) is 8.51. The van der Waals surface area contributed by atoms with E-state index in [-0.39, 0.29) is 17.0 Å². The maximum atomic E-state index is 11.4. The highest BCUT2D eigenvalue weighted by atomic mass is 79.9. The summed E-state index contributed by atoms with van der Waals surface area (Å²) in [6, 6.07) is 3.46. The standard InChI is InChI=1S/C10H9ClN2O2.BrH/c1-2-15-10(14)8-6-13-5-7(11)3-4-9(13)12-8;/h3-6H,2H2,1H3;1H. The first-order chi connectivity index (χ1) is 7.20. The molecule has 0 N–H and O–H groups in total. The van der Waals surface area contributed by atoms with Crippen LogP contribution in [0.2, 0.25) is 5.02 Å². The predicted octanol–water partition coefficient (Wildman–Crippen LogP) is 2.74. The van der Waals surface area contributed by atoms with E-state index >= 15 is 0 Å². The van der Waals surface area contributed by atoms with E-state index in [1.807, 2.05) is 0 Å². The van der Waals surface area contributed by atoms with Crippen LogP contribution in [0.5, 0.6) is 0 Å². The average molecular weight is 306 g/mol. The second kappa shape index (κ2) is 5.32. The molecular weight excluding hydrogens is 295 g/mol. The van der Waals surface area contributed by atoms with Gasteiger partial charge in [0.15, 0.2) is 5.69 Å². The number of hydrogen-bond donors (Lipinski definition) is 0. The van der Waals surface area contributed by atoms with Crippen LogP contribution in [0.3, 0.4) is 0 Å². The van der Waals surface area contributed by atoms with Gasteiger partial charge in [-0.05, 0) is 19.1 Å². The molecular formula is C10H10BrClN2O2. The van der Waals surface area contributed by atoms with E-state index < -0.39 is 5.97 Å². The molecule has 0 atom stereocenters. The van der Waals surface area contributed by atoms with Gasteiger partial charge in [-0.15, -0.1) is 17.0 Å². The molecule has 2 heterocycles. The van der Waals surface area contributed by atoms with Crippen LogP contribution >= 0.6 is 28.6 Å². The van der Waals surface area contributed by atoms with E-state index in [1.54, 1.807) is 35.9 Å². The van der Waals surface area contributed by atoms with Crippen molar-refractivity contribution in [2.24, 2.45) is 0 Å². The number of hydrogen-bond acceptors (Lipinski definition) is 3. The van der Waals surface area contributed by atoms with Gasteiger partial charge >= 0.3 is 5.97 Å². The normalized spacial score (nSPS) is 9.88. The molecule has 0 fully saturated rings. The molecule has 2 rings (SSSR count). The lowest BCUT2D eigenvalue weighted by molar-refractivity contribution is 0.0520. The van der Waals surface area contributed by atoms with Gasteiger partial charge in [-0.25, -0.2) is 9.78 Å². The van der Waals surface area contributed by atoms with Crippen LogP contribution in [0.1, 0.15) is 17.4 Å². The van der Waals surface area contributed by atoms with Crippen molar-refractivity contribution >= 4 is 40.2 Å². The van der Waals surface area contributed by atoms with Crippen molar-refractivity contribution < 1.29 is 9.53 Å². The maximum Gasteiger partial charge on any atom is 0.358 e. The summed E-state index contributed by atoms with van der Waals surface area (Å²) >= 11 is 5.80. The zero-order chi connectivity index (χ0) is 10.8. The summed E-state index contributed by atoms with van der Waals surface area (Å²) < 4.78 is 6.53. The van der Waals surface area contributed by atoms with Crippen LogP contribution in [0.25, 0.3) is 5.65 Å². The summed E-state index contributed by atoms with van der Waals surface area (Å²) in [6.07, 6.45) is 3.28. The number of esters is 1. The second-order valence-electron chi connectivity index (χ2n) is 2.96. The topological polar surface area (TPSA) is 43.6 Å². The molecule has 4 nitrogen and oxygen atoms in total. The Morgan fingerprint density at radius 1 is 1.50 bits per heavy atom. The van der Waals surface area contributed by atoms with Crippen LogP contribution in [-0.2, 0) is 4.74 Å². The molecule has 0 spiro atoms. The van der Waals surface area contributed by atoms with E-state index in [0.717, 1.165) is 0 Å². The predicted molar refractivity (Wildman–Crippen MR) is 66.5 cm³/mol. The molecule has 0 radical (unpaired) electrons. The van der Waals surface area contributed by atoms with Gasteiger partial charge in [0.2, 0.25) is 0 Å². The molecule has 6 heteroatoms. The number of fused-ring (bicyclic) bond motifs is 1. The van der Waals surface area contributed by atoms with Crippen LogP contribution in [0.4, 0.5) is 0 Å². The molecule has 16 heavy (non-hydrogen) atoms. The number of imidazole rings is 1. The third-order valence-electron chi connectivity index (χ3n) is 1.90. The summed E-state index contributed by atoms with van der Waals surface area (Å²) in [5, 5.41) is 0.593. The fourth-order valence-electron chi connectivity index (χ4n) is 1.27. The van der Waals surface area contributed by atoms with Crippen molar-refractivity contribution in [3.8, 4) is 0 Å². The highest BCUT2D eigenvalue weighted by Gasteiger charge is 2.11. The Morgan fingerprint density at radius 3 is 2.94 bits per heavy atom. The smallest absolute Gasteiger partial charge is 0.358 e. The Kier molecular flexibility index (Phi) is 4.32. The van der Waals surface area contributed by atoms with Crippen LogP contribution < -0.4 is 0 Å². The Balaban J connectivity index is 0.00000128. The molecule has 86 valence electrons. The van der Waals surface area contributed by atoms with Gasteiger partial charge in [0.25, 0.3) is 0 Å². The Bertz CT molecular complexity index is 512. The highest BCUT2D eigenvalue weighted by Crippen LogP contribution is 2.12. The second-order valence-corrected chi connectivity index (χ2v) is 3.40. The fourth-order valence-corrected chi connectivity index (χ4v) is 1.44. The van der Waals surface area contributed by atoms with E-state index in [9.17, 15) is 4.79 Å². The number of pyridine rings is 1. The molecule has 0 saturated carbocycles. The third-order valence-corrected chi connectivity index (χ3v) is 2.12. The summed E-state index contributed by atoms with van der Waals surface area (Å²) in [5.74, 6) is -0.419. The molecule has 0 unspecified atom stereocenters. The molecule has 0 aliphatic carbocycles. The summed E-state index contributed by atoms with van der Waals surface area (Å²) in [5.41, 5.74) is 0.960. The number of rotatable bonds is 2. The first-order valence-electron chi connectivity index (χ1n) is 4.52. The van der Waals surface area contributed by atoms with Crippen LogP contribution in [-0.4, -0.2) is 22.0 Å². The molecule has 0 amide bonds. The Morgan fingerprint density at radius 2 is 2.25 bits per heavy atom. The van der Waals surface area contributed by atoms with Crippen LogP contribution in [0.15, 0.2) is 24.5 Å². The lowest BCUT2D eigenvalue weighted by atomic mass is 10.5. The maximum absolute atomic E-state index is 11.4. The number of carbonyl (C=O) groups excluding carboxylic acids is 1. The molecule has 2 aromatic heterocycles. The van der Waals surface area contributed by atoms with Crippen molar-refractivity contribution in [2.75, 3.05) is 6.61 Å². The monoisotopic (exact) mass is 304 g/mol. The highest BCUT2D eigenvalue weighted by molar-refractivity contribution is 8.93. The van der Waals surface area contributed by atoms with Gasteiger partial charge in [-0.2, -0.15) is 0 Å². The van der Waals surface area contributed by atoms with E-state index in [0.29, 0.717) is 23.0 Å². The Labute approximate surface area is 108 Å². The minimum absolute atomic E-state index is 0.